The van der Waals surface area contributed by atoms with Gasteiger partial charge in [0.2, 0.25) is 0 Å². The third-order valence-electron chi connectivity index (χ3n) is 1.16. The van der Waals surface area contributed by atoms with Gasteiger partial charge in [0.1, 0.15) is 0 Å². The third kappa shape index (κ3) is 2.49. The van der Waals surface area contributed by atoms with Gasteiger partial charge in [0, 0.05) is 45.6 Å². The molecule has 1 aromatic rings. The summed E-state index contributed by atoms with van der Waals surface area (Å²) in [6, 6.07) is 0. The quantitative estimate of drug-likeness (QED) is 0.391. The molecule has 0 aromatic carbocycles. The topological polar surface area (TPSA) is 42.5 Å². The van der Waals surface area contributed by atoms with Crippen molar-refractivity contribution in [1.82, 2.24) is 9.78 Å². The van der Waals surface area contributed by atoms with Crippen LogP contribution in [0.3, 0.4) is 0 Å². The van der Waals surface area contributed by atoms with Crippen molar-refractivity contribution in [3.63, 3.8) is 0 Å². The second-order valence-corrected chi connectivity index (χ2v) is 1.90. The van der Waals surface area contributed by atoms with Crippen LogP contribution < -0.4 is 0 Å². The van der Waals surface area contributed by atoms with E-state index < -0.39 is 0 Å². The van der Waals surface area contributed by atoms with Gasteiger partial charge in [-0.15, -0.1) is 6.20 Å². The fraction of sp³-hybridized carbons (Fsp3) is 0.400. The number of hydrogen-bond acceptors (Lipinski definition) is 3. The molecule has 0 fully saturated rings. The van der Waals surface area contributed by atoms with Crippen molar-refractivity contribution in [2.24, 2.45) is 17.2 Å². The summed E-state index contributed by atoms with van der Waals surface area (Å²) in [5.41, 5.74) is 0.844. The van der Waals surface area contributed by atoms with E-state index in [1.165, 1.54) is 0 Å². The minimum absolute atomic E-state index is 0. The molecule has 1 aromatic heterocycles. The Hall–Kier alpha value is -0.0212. The molecule has 0 bridgehead atoms. The Balaban J connectivity index is 0.000001000. The summed E-state index contributed by atoms with van der Waals surface area (Å²) in [5.74, 6) is 0.641. The Morgan fingerprint density at radius 2 is 2.27 bits per heavy atom. The van der Waals surface area contributed by atoms with Gasteiger partial charge in [0.05, 0.1) is 0 Å². The minimum atomic E-state index is 0. The number of rotatable bonds is 1. The second-order valence-electron chi connectivity index (χ2n) is 1.90. The Morgan fingerprint density at radius 1 is 1.64 bits per heavy atom. The van der Waals surface area contributed by atoms with Crippen LogP contribution in [0.4, 0.5) is 5.82 Å². The zero-order valence-electron chi connectivity index (χ0n) is 6.44. The zero-order valence-corrected chi connectivity index (χ0v) is 9.28. The van der Waals surface area contributed by atoms with Crippen molar-refractivity contribution < 1.29 is 32.7 Å². The van der Waals surface area contributed by atoms with E-state index in [0.29, 0.717) is 5.82 Å². The monoisotopic (exact) mass is 222 g/mol. The van der Waals surface area contributed by atoms with Crippen LogP contribution in [0.2, 0.25) is 0 Å². The van der Waals surface area contributed by atoms with E-state index >= 15 is 0 Å². The van der Waals surface area contributed by atoms with E-state index in [0.717, 1.165) is 5.56 Å². The summed E-state index contributed by atoms with van der Waals surface area (Å²) >= 11 is 0. The molecule has 0 amide bonds. The zero-order chi connectivity index (χ0) is 7.56. The van der Waals surface area contributed by atoms with E-state index in [4.69, 9.17) is 7.98 Å². The third-order valence-corrected chi connectivity index (χ3v) is 1.16. The fourth-order valence-electron chi connectivity index (χ4n) is 0.684. The molecule has 0 N–H and O–H groups in total. The van der Waals surface area contributed by atoms with Crippen LogP contribution in [-0.4, -0.2) is 17.8 Å². The molecule has 0 aliphatic carbocycles. The van der Waals surface area contributed by atoms with E-state index in [-0.39, 0.29) is 32.7 Å². The maximum atomic E-state index is 4.86. The van der Waals surface area contributed by atoms with Gasteiger partial charge in [0.25, 0.3) is 7.98 Å². The Labute approximate surface area is 91.8 Å². The van der Waals surface area contributed by atoms with E-state index in [2.05, 4.69) is 21.4 Å². The average Bonchev–Trinajstić information content (AvgIpc) is 2.20. The van der Waals surface area contributed by atoms with Crippen molar-refractivity contribution in [1.29, 1.82) is 0 Å². The Bertz CT molecular complexity index is 237. The summed E-state index contributed by atoms with van der Waals surface area (Å²) < 4.78 is 1.56. The first-order valence-electron chi connectivity index (χ1n) is 2.78. The van der Waals surface area contributed by atoms with Crippen molar-refractivity contribution in [3.05, 3.63) is 11.8 Å². The molecule has 53 valence electrons. The molecule has 3 radical (unpaired) electrons. The first kappa shape index (κ1) is 11.0. The number of aryl methyl sites for hydroxylation is 2. The van der Waals surface area contributed by atoms with Crippen molar-refractivity contribution in [2.45, 2.75) is 6.92 Å². The van der Waals surface area contributed by atoms with Crippen LogP contribution in [0.1, 0.15) is 5.56 Å². The first-order chi connectivity index (χ1) is 4.75. The van der Waals surface area contributed by atoms with Gasteiger partial charge in [-0.2, -0.15) is 5.56 Å². The molecule has 0 unspecified atom stereocenters. The molecule has 0 aliphatic heterocycles. The molecule has 0 aliphatic rings. The van der Waals surface area contributed by atoms with Gasteiger partial charge in [-0.1, -0.05) is 6.92 Å². The van der Waals surface area contributed by atoms with Crippen LogP contribution >= 0.6 is 0 Å². The maximum absolute atomic E-state index is 4.86. The van der Waals surface area contributed by atoms with E-state index in [9.17, 15) is 0 Å². The van der Waals surface area contributed by atoms with Gasteiger partial charge in [-0.05, 0) is 0 Å². The van der Waals surface area contributed by atoms with Crippen molar-refractivity contribution in [3.8, 4) is 0 Å². The van der Waals surface area contributed by atoms with Crippen LogP contribution in [0.5, 0.6) is 0 Å². The van der Waals surface area contributed by atoms with Crippen LogP contribution in [0.25, 0.3) is 0 Å². The predicted molar refractivity (Wildman–Crippen MR) is 37.1 cm³/mol. The summed E-state index contributed by atoms with van der Waals surface area (Å²) in [7, 11) is 6.62. The predicted octanol–water partition coefficient (Wildman–Crippen LogP) is 0.693. The summed E-state index contributed by atoms with van der Waals surface area (Å²) in [6.45, 7) is 1.84. The first-order valence-corrected chi connectivity index (χ1v) is 2.78. The molecule has 1 rings (SSSR count). The van der Waals surface area contributed by atoms with Gasteiger partial charge in [-0.25, -0.2) is 0 Å². The molecule has 0 saturated heterocycles. The van der Waals surface area contributed by atoms with Crippen LogP contribution in [0, 0.1) is 13.1 Å². The van der Waals surface area contributed by atoms with E-state index in [1.54, 1.807) is 11.7 Å². The SMILES string of the molecule is [B]N=Nc1c(C)[c-]nn1C.[Y]. The van der Waals surface area contributed by atoms with Crippen LogP contribution in [-0.2, 0) is 39.8 Å². The Kier molecular flexibility index (Phi) is 4.77. The summed E-state index contributed by atoms with van der Waals surface area (Å²) in [6.07, 6.45) is 2.73. The standard InChI is InChI=1S/C5H6BN4.Y/c1-4-3-7-10(2)5(4)8-9-6;/h1-2H3;/q-1;. The Morgan fingerprint density at radius 3 is 2.64 bits per heavy atom. The van der Waals surface area contributed by atoms with Gasteiger partial charge in [0.15, 0.2) is 0 Å². The summed E-state index contributed by atoms with van der Waals surface area (Å²) in [4.78, 5) is 0. The second kappa shape index (κ2) is 4.78. The average molecular weight is 222 g/mol. The largest absolute Gasteiger partial charge is 0.345 e. The molecular formula is C5H6BN4Y-. The molecule has 1 heterocycles. The number of hydrogen-bond donors (Lipinski definition) is 0. The number of aromatic nitrogens is 2. The smallest absolute Gasteiger partial charge is 0.290 e. The molecule has 0 atom stereocenters. The normalized spacial score (nSPS) is 10.0. The molecule has 11 heavy (non-hydrogen) atoms. The van der Waals surface area contributed by atoms with Gasteiger partial charge >= 0.3 is 0 Å². The molecule has 6 heteroatoms. The van der Waals surface area contributed by atoms with E-state index in [1.807, 2.05) is 6.92 Å². The van der Waals surface area contributed by atoms with Gasteiger partial charge < -0.3 is 9.78 Å². The van der Waals surface area contributed by atoms with Crippen molar-refractivity contribution in [2.75, 3.05) is 0 Å². The van der Waals surface area contributed by atoms with Crippen molar-refractivity contribution >= 4 is 13.8 Å². The molecule has 4 nitrogen and oxygen atoms in total. The minimum Gasteiger partial charge on any atom is -0.345 e. The molecule has 0 saturated carbocycles. The van der Waals surface area contributed by atoms with Gasteiger partial charge in [-0.3, -0.25) is 10.1 Å². The maximum Gasteiger partial charge on any atom is 0.290 e. The number of nitrogens with zero attached hydrogens (tertiary/aromatic N) is 4. The molecule has 0 spiro atoms. The fourth-order valence-corrected chi connectivity index (χ4v) is 0.684. The van der Waals surface area contributed by atoms with Crippen LogP contribution in [0.15, 0.2) is 10.1 Å². The molecular weight excluding hydrogens is 216 g/mol. The summed E-state index contributed by atoms with van der Waals surface area (Å²) in [5, 5.41) is 10.6.